The molecule has 1 aliphatic heterocycles. The molecule has 1 aliphatic rings. The lowest BCUT2D eigenvalue weighted by atomic mass is 10.1. The minimum atomic E-state index is -0.271. The molecule has 0 radical (unpaired) electrons. The fourth-order valence-electron chi connectivity index (χ4n) is 1.96. The zero-order chi connectivity index (χ0) is 13.1. The van der Waals surface area contributed by atoms with E-state index in [1.807, 2.05) is 11.8 Å². The summed E-state index contributed by atoms with van der Waals surface area (Å²) < 4.78 is 14.7. The first-order valence-electron chi connectivity index (χ1n) is 5.71. The van der Waals surface area contributed by atoms with E-state index >= 15 is 0 Å². The van der Waals surface area contributed by atoms with Crippen molar-refractivity contribution in [1.82, 2.24) is 0 Å². The fourth-order valence-corrected chi connectivity index (χ4v) is 3.70. The maximum absolute atomic E-state index is 14.3. The minimum absolute atomic E-state index is 0.207. The van der Waals surface area contributed by atoms with Gasteiger partial charge in [-0.2, -0.15) is 11.8 Å². The monoisotopic (exact) mass is 348 g/mol. The summed E-state index contributed by atoms with van der Waals surface area (Å²) in [7, 11) is 0. The molecule has 1 fully saturated rings. The first-order valence-corrected chi connectivity index (χ1v) is 8.07. The van der Waals surface area contributed by atoms with Gasteiger partial charge in [-0.15, -0.1) is 0 Å². The third-order valence-corrected chi connectivity index (χ3v) is 4.93. The number of thioether (sulfide) groups is 1. The quantitative estimate of drug-likeness (QED) is 0.831. The van der Waals surface area contributed by atoms with Crippen molar-refractivity contribution < 1.29 is 4.39 Å². The van der Waals surface area contributed by atoms with Gasteiger partial charge in [-0.3, -0.25) is 0 Å². The molecule has 2 N–H and O–H groups in total. The molecule has 1 heterocycles. The number of hydrogen-bond donors (Lipinski definition) is 1. The Hall–Kier alpha value is -0.330. The molecular weight excluding hydrogens is 335 g/mol. The van der Waals surface area contributed by atoms with E-state index in [1.165, 1.54) is 0 Å². The Morgan fingerprint density at radius 2 is 2.17 bits per heavy atom. The van der Waals surface area contributed by atoms with E-state index in [0.29, 0.717) is 15.7 Å². The standard InChI is InChI=1S/C12H14BrFN2S2/c13-10-8(12(15)17)2-3-9(11(10)14)16-4-1-6-18-7-5-16/h2-3H,1,4-7H2,(H2,15,17). The lowest BCUT2D eigenvalue weighted by Gasteiger charge is -2.23. The van der Waals surface area contributed by atoms with Gasteiger partial charge in [0, 0.05) is 24.4 Å². The van der Waals surface area contributed by atoms with Crippen molar-refractivity contribution in [2.24, 2.45) is 5.73 Å². The number of thiocarbonyl (C=S) groups is 1. The van der Waals surface area contributed by atoms with Crippen molar-refractivity contribution >= 4 is 50.6 Å². The molecule has 0 unspecified atom stereocenters. The molecule has 0 aromatic heterocycles. The molecule has 0 aliphatic carbocycles. The normalized spacial score (nSPS) is 16.4. The summed E-state index contributed by atoms with van der Waals surface area (Å²) in [6, 6.07) is 3.55. The summed E-state index contributed by atoms with van der Waals surface area (Å²) in [6.45, 7) is 1.77. The highest BCUT2D eigenvalue weighted by Crippen LogP contribution is 2.30. The number of halogens is 2. The van der Waals surface area contributed by atoms with Gasteiger partial charge in [0.15, 0.2) is 5.82 Å². The highest BCUT2D eigenvalue weighted by atomic mass is 79.9. The van der Waals surface area contributed by atoms with E-state index in [0.717, 1.165) is 31.0 Å². The number of hydrogen-bond acceptors (Lipinski definition) is 3. The largest absolute Gasteiger partial charge is 0.389 e. The Balaban J connectivity index is 2.33. The van der Waals surface area contributed by atoms with Gasteiger partial charge in [-0.1, -0.05) is 12.2 Å². The maximum Gasteiger partial charge on any atom is 0.161 e. The van der Waals surface area contributed by atoms with Gasteiger partial charge in [0.25, 0.3) is 0 Å². The van der Waals surface area contributed by atoms with Crippen LogP contribution in [0.15, 0.2) is 16.6 Å². The fraction of sp³-hybridized carbons (Fsp3) is 0.417. The van der Waals surface area contributed by atoms with Crippen LogP contribution in [-0.2, 0) is 0 Å². The lowest BCUT2D eigenvalue weighted by Crippen LogP contribution is -2.27. The minimum Gasteiger partial charge on any atom is -0.389 e. The van der Waals surface area contributed by atoms with Crippen LogP contribution in [0.25, 0.3) is 0 Å². The maximum atomic E-state index is 14.3. The molecule has 0 bridgehead atoms. The lowest BCUT2D eigenvalue weighted by molar-refractivity contribution is 0.612. The number of nitrogens with two attached hydrogens (primary N) is 1. The van der Waals surface area contributed by atoms with E-state index in [9.17, 15) is 4.39 Å². The highest BCUT2D eigenvalue weighted by molar-refractivity contribution is 9.10. The average molecular weight is 349 g/mol. The predicted molar refractivity (Wildman–Crippen MR) is 84.1 cm³/mol. The Morgan fingerprint density at radius 3 is 2.89 bits per heavy atom. The van der Waals surface area contributed by atoms with Crippen LogP contribution in [0.5, 0.6) is 0 Å². The molecular formula is C12H14BrFN2S2. The van der Waals surface area contributed by atoms with E-state index in [4.69, 9.17) is 18.0 Å². The van der Waals surface area contributed by atoms with Crippen LogP contribution in [0.1, 0.15) is 12.0 Å². The molecule has 98 valence electrons. The Kier molecular flexibility index (Phi) is 4.86. The van der Waals surface area contributed by atoms with Crippen LogP contribution < -0.4 is 10.6 Å². The van der Waals surface area contributed by atoms with Gasteiger partial charge in [0.2, 0.25) is 0 Å². The van der Waals surface area contributed by atoms with Crippen LogP contribution in [0.4, 0.5) is 10.1 Å². The van der Waals surface area contributed by atoms with Gasteiger partial charge in [-0.05, 0) is 40.2 Å². The molecule has 6 heteroatoms. The predicted octanol–water partition coefficient (Wildman–Crippen LogP) is 3.17. The van der Waals surface area contributed by atoms with E-state index in [1.54, 1.807) is 12.1 Å². The number of benzene rings is 1. The topological polar surface area (TPSA) is 29.3 Å². The zero-order valence-electron chi connectivity index (χ0n) is 9.79. The second-order valence-electron chi connectivity index (χ2n) is 4.08. The van der Waals surface area contributed by atoms with Crippen molar-refractivity contribution in [2.45, 2.75) is 6.42 Å². The van der Waals surface area contributed by atoms with Gasteiger partial charge in [-0.25, -0.2) is 4.39 Å². The molecule has 1 aromatic carbocycles. The molecule has 1 saturated heterocycles. The molecule has 2 nitrogen and oxygen atoms in total. The average Bonchev–Trinajstić information content (AvgIpc) is 2.60. The second kappa shape index (κ2) is 6.21. The summed E-state index contributed by atoms with van der Waals surface area (Å²) in [4.78, 5) is 2.29. The molecule has 0 atom stereocenters. The Labute approximate surface area is 124 Å². The summed E-state index contributed by atoms with van der Waals surface area (Å²) in [6.07, 6.45) is 1.08. The molecule has 0 saturated carbocycles. The Bertz CT molecular complexity index is 460. The summed E-state index contributed by atoms with van der Waals surface area (Å²) in [5.41, 5.74) is 6.74. The molecule has 1 aromatic rings. The van der Waals surface area contributed by atoms with Gasteiger partial charge < -0.3 is 10.6 Å². The summed E-state index contributed by atoms with van der Waals surface area (Å²) in [5, 5.41) is 0. The third-order valence-electron chi connectivity index (χ3n) is 2.89. The number of nitrogens with zero attached hydrogens (tertiary/aromatic N) is 1. The molecule has 0 amide bonds. The van der Waals surface area contributed by atoms with Gasteiger partial charge in [0.05, 0.1) is 10.2 Å². The van der Waals surface area contributed by atoms with Crippen LogP contribution >= 0.6 is 39.9 Å². The van der Waals surface area contributed by atoms with Crippen LogP contribution in [0.3, 0.4) is 0 Å². The van der Waals surface area contributed by atoms with Crippen molar-refractivity contribution in [1.29, 1.82) is 0 Å². The van der Waals surface area contributed by atoms with E-state index < -0.39 is 0 Å². The van der Waals surface area contributed by atoms with Crippen molar-refractivity contribution in [3.8, 4) is 0 Å². The van der Waals surface area contributed by atoms with Crippen LogP contribution in [0, 0.1) is 5.82 Å². The third kappa shape index (κ3) is 2.97. The van der Waals surface area contributed by atoms with Crippen molar-refractivity contribution in [2.75, 3.05) is 29.5 Å². The van der Waals surface area contributed by atoms with Crippen molar-refractivity contribution in [3.63, 3.8) is 0 Å². The first-order chi connectivity index (χ1) is 8.61. The van der Waals surface area contributed by atoms with Crippen LogP contribution in [0.2, 0.25) is 0 Å². The second-order valence-corrected chi connectivity index (χ2v) is 6.54. The smallest absolute Gasteiger partial charge is 0.161 e. The SMILES string of the molecule is NC(=S)c1ccc(N2CCCSCC2)c(F)c1Br. The van der Waals surface area contributed by atoms with Gasteiger partial charge >= 0.3 is 0 Å². The van der Waals surface area contributed by atoms with E-state index in [2.05, 4.69) is 20.8 Å². The number of anilines is 1. The Morgan fingerprint density at radius 1 is 1.39 bits per heavy atom. The summed E-state index contributed by atoms with van der Waals surface area (Å²) >= 11 is 10.1. The summed E-state index contributed by atoms with van der Waals surface area (Å²) in [5.74, 6) is 1.91. The number of rotatable bonds is 2. The molecule has 18 heavy (non-hydrogen) atoms. The first kappa shape index (κ1) is 14.1. The van der Waals surface area contributed by atoms with Gasteiger partial charge in [0.1, 0.15) is 4.99 Å². The highest BCUT2D eigenvalue weighted by Gasteiger charge is 2.18. The van der Waals surface area contributed by atoms with Crippen molar-refractivity contribution in [3.05, 3.63) is 28.0 Å². The zero-order valence-corrected chi connectivity index (χ0v) is 13.0. The van der Waals surface area contributed by atoms with Crippen LogP contribution in [-0.4, -0.2) is 29.6 Å². The molecule has 0 spiro atoms. The molecule has 2 rings (SSSR count). The van der Waals surface area contributed by atoms with E-state index in [-0.39, 0.29) is 10.8 Å².